The fourth-order valence-electron chi connectivity index (χ4n) is 2.80. The molecule has 2 aromatic carbocycles. The number of sulfonamides is 1. The highest BCUT2D eigenvalue weighted by molar-refractivity contribution is 14.1. The average molecular weight is 510 g/mol. The third-order valence-corrected chi connectivity index (χ3v) is 5.42. The summed E-state index contributed by atoms with van der Waals surface area (Å²) in [5.41, 5.74) is 3.52. The summed E-state index contributed by atoms with van der Waals surface area (Å²) >= 11 is 1.71. The van der Waals surface area contributed by atoms with Crippen molar-refractivity contribution in [2.45, 2.75) is 17.7 Å². The standard InChI is InChI=1S/C19H19IN4O3S/c20-19(25)22-12-4-7-15-13-18(14-5-2-1-3-6-14)24(23-15)16-8-10-17(11-9-16)28(21,26)27/h1-3,5-6,8-11,13H,4,7,12H2,(H,22,25)(H2,21,26,27). The number of aromatic nitrogens is 2. The van der Waals surface area contributed by atoms with E-state index in [0.717, 1.165) is 29.1 Å². The number of nitrogens with two attached hydrogens (primary N) is 1. The molecule has 9 heteroatoms. The molecule has 0 atom stereocenters. The predicted octanol–water partition coefficient (Wildman–Crippen LogP) is 3.26. The van der Waals surface area contributed by atoms with Crippen LogP contribution in [-0.2, 0) is 16.4 Å². The van der Waals surface area contributed by atoms with Gasteiger partial charge >= 0.3 is 0 Å². The van der Waals surface area contributed by atoms with Crippen LogP contribution in [0.2, 0.25) is 0 Å². The SMILES string of the molecule is NS(=O)(=O)c1ccc(-n2nc(CCCNC(=O)I)cc2-c2ccccc2)cc1. The molecule has 3 N–H and O–H groups in total. The number of aryl methyl sites for hydroxylation is 1. The fraction of sp³-hybridized carbons (Fsp3) is 0.158. The van der Waals surface area contributed by atoms with E-state index in [4.69, 9.17) is 5.14 Å². The number of hydrogen-bond donors (Lipinski definition) is 2. The first-order valence-electron chi connectivity index (χ1n) is 8.55. The normalized spacial score (nSPS) is 11.4. The number of benzene rings is 2. The summed E-state index contributed by atoms with van der Waals surface area (Å²) in [4.78, 5) is 11.0. The molecule has 146 valence electrons. The molecule has 0 aliphatic heterocycles. The van der Waals surface area contributed by atoms with Crippen molar-refractivity contribution in [1.29, 1.82) is 0 Å². The molecule has 0 unspecified atom stereocenters. The Morgan fingerprint density at radius 1 is 1.11 bits per heavy atom. The lowest BCUT2D eigenvalue weighted by Crippen LogP contribution is -2.17. The minimum Gasteiger partial charge on any atom is -0.347 e. The Bertz CT molecular complexity index is 1060. The number of amides is 1. The Hall–Kier alpha value is -2.24. The van der Waals surface area contributed by atoms with Crippen LogP contribution in [0.25, 0.3) is 16.9 Å². The number of nitrogens with one attached hydrogen (secondary N) is 1. The average Bonchev–Trinajstić information content (AvgIpc) is 3.09. The number of carbonyl (C=O) groups excluding carboxylic acids is 1. The maximum absolute atomic E-state index is 11.5. The first-order chi connectivity index (χ1) is 13.3. The molecular weight excluding hydrogens is 491 g/mol. The van der Waals surface area contributed by atoms with Crippen molar-refractivity contribution in [1.82, 2.24) is 15.1 Å². The smallest absolute Gasteiger partial charge is 0.280 e. The van der Waals surface area contributed by atoms with Crippen LogP contribution in [-0.4, -0.2) is 28.7 Å². The van der Waals surface area contributed by atoms with Crippen LogP contribution >= 0.6 is 22.6 Å². The van der Waals surface area contributed by atoms with Gasteiger partial charge in [0.1, 0.15) is 0 Å². The fourth-order valence-corrected chi connectivity index (χ4v) is 3.58. The third kappa shape index (κ3) is 5.18. The maximum atomic E-state index is 11.5. The van der Waals surface area contributed by atoms with Crippen molar-refractivity contribution in [2.24, 2.45) is 5.14 Å². The summed E-state index contributed by atoms with van der Waals surface area (Å²) in [7, 11) is -3.75. The summed E-state index contributed by atoms with van der Waals surface area (Å²) in [6.07, 6.45) is 1.48. The van der Waals surface area contributed by atoms with Gasteiger partial charge in [0.25, 0.3) is 3.91 Å². The molecule has 0 fully saturated rings. The number of nitrogens with zero attached hydrogens (tertiary/aromatic N) is 2. The molecule has 28 heavy (non-hydrogen) atoms. The van der Waals surface area contributed by atoms with Crippen molar-refractivity contribution in [3.05, 3.63) is 66.4 Å². The van der Waals surface area contributed by atoms with Crippen LogP contribution in [0.1, 0.15) is 12.1 Å². The van der Waals surface area contributed by atoms with Gasteiger partial charge in [0, 0.05) is 34.7 Å². The van der Waals surface area contributed by atoms with Gasteiger partial charge in [-0.15, -0.1) is 0 Å². The second kappa shape index (κ2) is 8.84. The molecule has 0 saturated carbocycles. The van der Waals surface area contributed by atoms with Gasteiger partial charge in [0.15, 0.2) is 0 Å². The van der Waals surface area contributed by atoms with E-state index in [1.54, 1.807) is 39.4 Å². The van der Waals surface area contributed by atoms with Crippen LogP contribution in [0.15, 0.2) is 65.6 Å². The number of hydrogen-bond acceptors (Lipinski definition) is 4. The Morgan fingerprint density at radius 3 is 2.39 bits per heavy atom. The van der Waals surface area contributed by atoms with E-state index in [1.807, 2.05) is 36.4 Å². The van der Waals surface area contributed by atoms with Gasteiger partial charge in [-0.2, -0.15) is 5.10 Å². The lowest BCUT2D eigenvalue weighted by atomic mass is 10.1. The van der Waals surface area contributed by atoms with Crippen molar-refractivity contribution < 1.29 is 13.2 Å². The van der Waals surface area contributed by atoms with Gasteiger partial charge in [-0.05, 0) is 43.2 Å². The Labute approximate surface area is 177 Å². The quantitative estimate of drug-likeness (QED) is 0.220. The van der Waals surface area contributed by atoms with Gasteiger partial charge < -0.3 is 5.32 Å². The first-order valence-corrected chi connectivity index (χ1v) is 11.2. The monoisotopic (exact) mass is 510 g/mol. The second-order valence-corrected chi connectivity index (χ2v) is 8.68. The summed E-state index contributed by atoms with van der Waals surface area (Å²) in [6.45, 7) is 0.582. The first kappa shape index (κ1) is 20.5. The van der Waals surface area contributed by atoms with Crippen molar-refractivity contribution >= 4 is 36.5 Å². The lowest BCUT2D eigenvalue weighted by molar-refractivity contribution is 0.263. The van der Waals surface area contributed by atoms with E-state index in [0.29, 0.717) is 13.0 Å². The van der Waals surface area contributed by atoms with E-state index in [1.165, 1.54) is 12.1 Å². The summed E-state index contributed by atoms with van der Waals surface area (Å²) in [5, 5.41) is 12.6. The highest BCUT2D eigenvalue weighted by atomic mass is 127. The van der Waals surface area contributed by atoms with Crippen molar-refractivity contribution in [3.63, 3.8) is 0 Å². The number of primary sulfonamides is 1. The van der Waals surface area contributed by atoms with Crippen LogP contribution in [0, 0.1) is 0 Å². The summed E-state index contributed by atoms with van der Waals surface area (Å²) < 4.78 is 24.7. The molecule has 1 amide bonds. The molecule has 0 aliphatic rings. The van der Waals surface area contributed by atoms with E-state index in [-0.39, 0.29) is 8.81 Å². The third-order valence-electron chi connectivity index (χ3n) is 4.11. The zero-order chi connectivity index (χ0) is 20.1. The number of halogens is 1. The molecular formula is C19H19IN4O3S. The highest BCUT2D eigenvalue weighted by Gasteiger charge is 2.13. The van der Waals surface area contributed by atoms with Gasteiger partial charge in [0.05, 0.1) is 22.0 Å². The van der Waals surface area contributed by atoms with Gasteiger partial charge in [-0.1, -0.05) is 30.3 Å². The molecule has 0 radical (unpaired) electrons. The van der Waals surface area contributed by atoms with Gasteiger partial charge in [-0.3, -0.25) is 4.79 Å². The van der Waals surface area contributed by atoms with E-state index >= 15 is 0 Å². The van der Waals surface area contributed by atoms with E-state index in [9.17, 15) is 13.2 Å². The summed E-state index contributed by atoms with van der Waals surface area (Å²) in [5.74, 6) is 0. The predicted molar refractivity (Wildman–Crippen MR) is 116 cm³/mol. The molecule has 3 aromatic rings. The zero-order valence-electron chi connectivity index (χ0n) is 14.9. The van der Waals surface area contributed by atoms with Crippen LogP contribution in [0.3, 0.4) is 0 Å². The maximum Gasteiger partial charge on any atom is 0.280 e. The van der Waals surface area contributed by atoms with E-state index in [2.05, 4.69) is 10.4 Å². The van der Waals surface area contributed by atoms with Crippen molar-refractivity contribution in [2.75, 3.05) is 6.54 Å². The topological polar surface area (TPSA) is 107 Å². The van der Waals surface area contributed by atoms with Crippen LogP contribution in [0.4, 0.5) is 4.79 Å². The number of rotatable bonds is 7. The second-order valence-electron chi connectivity index (χ2n) is 6.14. The van der Waals surface area contributed by atoms with Crippen molar-refractivity contribution in [3.8, 4) is 16.9 Å². The van der Waals surface area contributed by atoms with Gasteiger partial charge in [-0.25, -0.2) is 18.2 Å². The van der Waals surface area contributed by atoms with Crippen LogP contribution < -0.4 is 10.5 Å². The Balaban J connectivity index is 1.93. The van der Waals surface area contributed by atoms with Crippen LogP contribution in [0.5, 0.6) is 0 Å². The summed E-state index contributed by atoms with van der Waals surface area (Å²) in [6, 6.07) is 18.1. The molecule has 0 saturated heterocycles. The molecule has 1 heterocycles. The molecule has 0 bridgehead atoms. The molecule has 7 nitrogen and oxygen atoms in total. The minimum atomic E-state index is -3.75. The van der Waals surface area contributed by atoms with Gasteiger partial charge in [0.2, 0.25) is 10.0 Å². The number of carbonyl (C=O) groups is 1. The Kier molecular flexibility index (Phi) is 6.47. The molecule has 0 spiro atoms. The largest absolute Gasteiger partial charge is 0.347 e. The minimum absolute atomic E-state index is 0.0550. The Morgan fingerprint density at radius 2 is 1.79 bits per heavy atom. The highest BCUT2D eigenvalue weighted by Crippen LogP contribution is 2.25. The van der Waals surface area contributed by atoms with E-state index < -0.39 is 10.0 Å². The molecule has 0 aliphatic carbocycles. The molecule has 1 aromatic heterocycles. The lowest BCUT2D eigenvalue weighted by Gasteiger charge is -2.08. The zero-order valence-corrected chi connectivity index (χ0v) is 17.9. The molecule has 3 rings (SSSR count).